The van der Waals surface area contributed by atoms with Crippen LogP contribution in [0.1, 0.15) is 17.2 Å². The third-order valence-corrected chi connectivity index (χ3v) is 5.64. The van der Waals surface area contributed by atoms with Gasteiger partial charge in [-0.25, -0.2) is 4.39 Å². The van der Waals surface area contributed by atoms with E-state index in [0.29, 0.717) is 27.8 Å². The zero-order chi connectivity index (χ0) is 23.7. The normalized spacial score (nSPS) is 17.3. The van der Waals surface area contributed by atoms with E-state index in [4.69, 9.17) is 21.1 Å². The Morgan fingerprint density at radius 3 is 2.18 bits per heavy atom. The Bertz CT molecular complexity index is 1250. The highest BCUT2D eigenvalue weighted by molar-refractivity contribution is 6.51. The molecule has 3 aromatic rings. The number of ether oxygens (including phenoxy) is 2. The van der Waals surface area contributed by atoms with Crippen LogP contribution in [0.2, 0.25) is 5.02 Å². The Morgan fingerprint density at radius 1 is 0.939 bits per heavy atom. The molecule has 6 nitrogen and oxygen atoms in total. The molecule has 1 unspecified atom stereocenters. The molecule has 0 saturated carbocycles. The number of hydrogen-bond acceptors (Lipinski definition) is 5. The number of carbonyl (C=O) groups excluding carboxylic acids is 2. The van der Waals surface area contributed by atoms with E-state index in [1.54, 1.807) is 36.4 Å². The molecule has 1 aliphatic rings. The van der Waals surface area contributed by atoms with Crippen LogP contribution >= 0.6 is 11.6 Å². The van der Waals surface area contributed by atoms with Crippen molar-refractivity contribution < 1.29 is 28.6 Å². The number of carbonyl (C=O) groups is 2. The second-order valence-corrected chi connectivity index (χ2v) is 7.70. The van der Waals surface area contributed by atoms with Crippen LogP contribution in [0.5, 0.6) is 11.5 Å². The minimum atomic E-state index is -0.958. The summed E-state index contributed by atoms with van der Waals surface area (Å²) < 4.78 is 24.0. The van der Waals surface area contributed by atoms with Gasteiger partial charge in [0.2, 0.25) is 0 Å². The van der Waals surface area contributed by atoms with Gasteiger partial charge in [-0.2, -0.15) is 0 Å². The lowest BCUT2D eigenvalue weighted by Gasteiger charge is -2.25. The van der Waals surface area contributed by atoms with Gasteiger partial charge in [0.05, 0.1) is 25.8 Å². The summed E-state index contributed by atoms with van der Waals surface area (Å²) in [5.74, 6) is -1.79. The van der Waals surface area contributed by atoms with Crippen molar-refractivity contribution in [1.29, 1.82) is 0 Å². The van der Waals surface area contributed by atoms with Crippen LogP contribution in [-0.2, 0) is 9.59 Å². The molecule has 168 valence electrons. The maximum atomic E-state index is 13.5. The molecule has 1 N–H and O–H groups in total. The van der Waals surface area contributed by atoms with Gasteiger partial charge in [-0.05, 0) is 60.2 Å². The summed E-state index contributed by atoms with van der Waals surface area (Å²) in [4.78, 5) is 27.4. The summed E-state index contributed by atoms with van der Waals surface area (Å²) in [5.41, 5.74) is 1.01. The molecular weight excluding hydrogens is 449 g/mol. The SMILES string of the molecule is COc1ccc(/C(O)=C2/C(=O)C(=O)N(c3ccc(F)cc3)C2c2ccc(Cl)cc2)cc1OC. The van der Waals surface area contributed by atoms with Crippen molar-refractivity contribution in [3.8, 4) is 11.5 Å². The monoisotopic (exact) mass is 467 g/mol. The van der Waals surface area contributed by atoms with Crippen molar-refractivity contribution in [3.63, 3.8) is 0 Å². The number of anilines is 1. The van der Waals surface area contributed by atoms with Crippen molar-refractivity contribution in [2.45, 2.75) is 6.04 Å². The third kappa shape index (κ3) is 4.03. The number of aliphatic hydroxyl groups is 1. The van der Waals surface area contributed by atoms with Gasteiger partial charge < -0.3 is 14.6 Å². The first-order valence-corrected chi connectivity index (χ1v) is 10.3. The van der Waals surface area contributed by atoms with Crippen LogP contribution < -0.4 is 14.4 Å². The Hall–Kier alpha value is -3.84. The number of rotatable bonds is 5. The van der Waals surface area contributed by atoms with Crippen LogP contribution in [-0.4, -0.2) is 31.0 Å². The first-order chi connectivity index (χ1) is 15.8. The van der Waals surface area contributed by atoms with Crippen molar-refractivity contribution in [2.75, 3.05) is 19.1 Å². The van der Waals surface area contributed by atoms with Gasteiger partial charge in [-0.3, -0.25) is 14.5 Å². The molecule has 0 bridgehead atoms. The minimum Gasteiger partial charge on any atom is -0.507 e. The van der Waals surface area contributed by atoms with E-state index in [1.165, 1.54) is 49.5 Å². The molecular formula is C25H19ClFNO5. The number of aliphatic hydroxyl groups excluding tert-OH is 1. The summed E-state index contributed by atoms with van der Waals surface area (Å²) in [5, 5.41) is 11.7. The largest absolute Gasteiger partial charge is 0.507 e. The highest BCUT2D eigenvalue weighted by Crippen LogP contribution is 2.43. The molecule has 1 aliphatic heterocycles. The van der Waals surface area contributed by atoms with Gasteiger partial charge in [0.15, 0.2) is 11.5 Å². The van der Waals surface area contributed by atoms with Gasteiger partial charge in [-0.15, -0.1) is 0 Å². The molecule has 1 fully saturated rings. The number of nitrogens with zero attached hydrogens (tertiary/aromatic N) is 1. The first kappa shape index (κ1) is 22.4. The fourth-order valence-corrected chi connectivity index (χ4v) is 3.93. The summed E-state index contributed by atoms with van der Waals surface area (Å²) >= 11 is 6.03. The average molecular weight is 468 g/mol. The summed E-state index contributed by atoms with van der Waals surface area (Å²) in [6.07, 6.45) is 0. The number of Topliss-reactive ketones (excluding diaryl/α,β-unsaturated/α-hetero) is 1. The van der Waals surface area contributed by atoms with E-state index < -0.39 is 23.5 Å². The van der Waals surface area contributed by atoms with Gasteiger partial charge in [0.1, 0.15) is 11.6 Å². The smallest absolute Gasteiger partial charge is 0.300 e. The summed E-state index contributed by atoms with van der Waals surface area (Å²) in [6, 6.07) is 15.5. The fourth-order valence-electron chi connectivity index (χ4n) is 3.80. The molecule has 0 spiro atoms. The molecule has 1 amide bonds. The highest BCUT2D eigenvalue weighted by atomic mass is 35.5. The molecule has 1 saturated heterocycles. The predicted octanol–water partition coefficient (Wildman–Crippen LogP) is 5.12. The molecule has 0 aliphatic carbocycles. The third-order valence-electron chi connectivity index (χ3n) is 5.39. The molecule has 8 heteroatoms. The van der Waals surface area contributed by atoms with Gasteiger partial charge in [-0.1, -0.05) is 23.7 Å². The number of halogens is 2. The van der Waals surface area contributed by atoms with Crippen LogP contribution in [0, 0.1) is 5.82 Å². The van der Waals surface area contributed by atoms with Crippen LogP contribution in [0.15, 0.2) is 72.3 Å². The van der Waals surface area contributed by atoms with Gasteiger partial charge in [0.25, 0.3) is 11.7 Å². The fraction of sp³-hybridized carbons (Fsp3) is 0.120. The number of benzene rings is 3. The van der Waals surface area contributed by atoms with E-state index >= 15 is 0 Å². The molecule has 3 aromatic carbocycles. The Morgan fingerprint density at radius 2 is 1.58 bits per heavy atom. The summed E-state index contributed by atoms with van der Waals surface area (Å²) in [6.45, 7) is 0. The number of amides is 1. The molecule has 0 aromatic heterocycles. The van der Waals surface area contributed by atoms with Crippen LogP contribution in [0.25, 0.3) is 5.76 Å². The number of hydrogen-bond donors (Lipinski definition) is 1. The zero-order valence-electron chi connectivity index (χ0n) is 17.7. The highest BCUT2D eigenvalue weighted by Gasteiger charge is 2.47. The molecule has 1 atom stereocenters. The second-order valence-electron chi connectivity index (χ2n) is 7.27. The second kappa shape index (κ2) is 8.96. The Balaban J connectivity index is 1.93. The minimum absolute atomic E-state index is 0.112. The van der Waals surface area contributed by atoms with Gasteiger partial charge in [0, 0.05) is 16.3 Å². The lowest BCUT2D eigenvalue weighted by molar-refractivity contribution is -0.132. The van der Waals surface area contributed by atoms with Crippen molar-refractivity contribution in [1.82, 2.24) is 0 Å². The number of ketones is 1. The Labute approximate surface area is 194 Å². The topological polar surface area (TPSA) is 76.1 Å². The number of methoxy groups -OCH3 is 2. The first-order valence-electron chi connectivity index (χ1n) is 9.90. The quantitative estimate of drug-likeness (QED) is 0.320. The zero-order valence-corrected chi connectivity index (χ0v) is 18.5. The lowest BCUT2D eigenvalue weighted by atomic mass is 9.95. The van der Waals surface area contributed by atoms with E-state index in [-0.39, 0.29) is 16.9 Å². The average Bonchev–Trinajstić information content (AvgIpc) is 3.09. The van der Waals surface area contributed by atoms with E-state index in [2.05, 4.69) is 0 Å². The molecule has 33 heavy (non-hydrogen) atoms. The maximum absolute atomic E-state index is 13.5. The standard InChI is InChI=1S/C25H19ClFNO5/c1-32-19-12-5-15(13-20(19)33-2)23(29)21-22(14-3-6-16(26)7-4-14)28(25(31)24(21)30)18-10-8-17(27)9-11-18/h3-13,22,29H,1-2H3/b23-21-. The Kier molecular flexibility index (Phi) is 6.07. The lowest BCUT2D eigenvalue weighted by Crippen LogP contribution is -2.29. The molecule has 4 rings (SSSR count). The van der Waals surface area contributed by atoms with Crippen molar-refractivity contribution in [2.24, 2.45) is 0 Å². The van der Waals surface area contributed by atoms with E-state index in [1.807, 2.05) is 0 Å². The van der Waals surface area contributed by atoms with Gasteiger partial charge >= 0.3 is 0 Å². The van der Waals surface area contributed by atoms with E-state index in [0.717, 1.165) is 0 Å². The summed E-state index contributed by atoms with van der Waals surface area (Å²) in [7, 11) is 2.93. The van der Waals surface area contributed by atoms with Crippen molar-refractivity contribution >= 4 is 34.7 Å². The molecule has 1 heterocycles. The molecule has 0 radical (unpaired) electrons. The van der Waals surface area contributed by atoms with Crippen molar-refractivity contribution in [3.05, 3.63) is 94.3 Å². The van der Waals surface area contributed by atoms with Crippen LogP contribution in [0.3, 0.4) is 0 Å². The van der Waals surface area contributed by atoms with Crippen LogP contribution in [0.4, 0.5) is 10.1 Å². The maximum Gasteiger partial charge on any atom is 0.300 e. The van der Waals surface area contributed by atoms with E-state index in [9.17, 15) is 19.1 Å². The predicted molar refractivity (Wildman–Crippen MR) is 122 cm³/mol.